The van der Waals surface area contributed by atoms with Crippen molar-refractivity contribution in [3.05, 3.63) is 47.3 Å². The minimum absolute atomic E-state index is 0.00928. The zero-order valence-corrected chi connectivity index (χ0v) is 15.7. The van der Waals surface area contributed by atoms with Crippen LogP contribution in [0.25, 0.3) is 0 Å². The molecule has 1 unspecified atom stereocenters. The van der Waals surface area contributed by atoms with E-state index in [1.807, 2.05) is 36.0 Å². The number of rotatable bonds is 4. The van der Waals surface area contributed by atoms with Crippen LogP contribution >= 0.6 is 0 Å². The molecular weight excluding hydrogens is 328 g/mol. The summed E-state index contributed by atoms with van der Waals surface area (Å²) in [6.45, 7) is 7.63. The maximum Gasteiger partial charge on any atom is 0.274 e. The summed E-state index contributed by atoms with van der Waals surface area (Å²) in [5.74, 6) is 0.895. The van der Waals surface area contributed by atoms with Crippen molar-refractivity contribution in [3.8, 4) is 5.75 Å². The van der Waals surface area contributed by atoms with Crippen LogP contribution in [0, 0.1) is 0 Å². The first kappa shape index (κ1) is 17.1. The van der Waals surface area contributed by atoms with E-state index in [0.717, 1.165) is 37.5 Å². The van der Waals surface area contributed by atoms with Gasteiger partial charge >= 0.3 is 0 Å². The highest BCUT2D eigenvalue weighted by atomic mass is 16.5. The molecule has 1 amide bonds. The first-order chi connectivity index (χ1) is 12.5. The highest BCUT2D eigenvalue weighted by Gasteiger charge is 2.27. The summed E-state index contributed by atoms with van der Waals surface area (Å²) in [7, 11) is 1.83. The van der Waals surface area contributed by atoms with Crippen LogP contribution < -0.4 is 4.74 Å². The SMILES string of the molecule is CC(C)N1CCn2nc(C(=O)N(C)CC3Cc4ccccc4O3)cc2C1. The van der Waals surface area contributed by atoms with Gasteiger partial charge in [-0.2, -0.15) is 5.10 Å². The smallest absolute Gasteiger partial charge is 0.274 e. The normalized spacial score (nSPS) is 19.2. The maximum absolute atomic E-state index is 12.8. The number of likely N-dealkylation sites (N-methyl/N-ethyl adjacent to an activating group) is 1. The summed E-state index contributed by atoms with van der Waals surface area (Å²) in [5.41, 5.74) is 2.86. The lowest BCUT2D eigenvalue weighted by atomic mass is 10.1. The molecule has 1 aromatic carbocycles. The third kappa shape index (κ3) is 3.21. The van der Waals surface area contributed by atoms with Gasteiger partial charge in [0.15, 0.2) is 5.69 Å². The Balaban J connectivity index is 1.41. The maximum atomic E-state index is 12.8. The lowest BCUT2D eigenvalue weighted by Gasteiger charge is -2.30. The van der Waals surface area contributed by atoms with Crippen LogP contribution in [0.4, 0.5) is 0 Å². The van der Waals surface area contributed by atoms with Crippen molar-refractivity contribution in [3.63, 3.8) is 0 Å². The summed E-state index contributed by atoms with van der Waals surface area (Å²) >= 11 is 0. The Labute approximate surface area is 154 Å². The third-order valence-electron chi connectivity index (χ3n) is 5.31. The predicted octanol–water partition coefficient (Wildman–Crippen LogP) is 2.18. The van der Waals surface area contributed by atoms with Crippen molar-refractivity contribution < 1.29 is 9.53 Å². The molecule has 0 aliphatic carbocycles. The number of fused-ring (bicyclic) bond motifs is 2. The molecule has 0 bridgehead atoms. The fourth-order valence-corrected chi connectivity index (χ4v) is 3.77. The van der Waals surface area contributed by atoms with Gasteiger partial charge in [0.25, 0.3) is 5.91 Å². The molecule has 2 aromatic rings. The lowest BCUT2D eigenvalue weighted by Crippen LogP contribution is -2.38. The molecule has 0 saturated carbocycles. The third-order valence-corrected chi connectivity index (χ3v) is 5.31. The molecule has 6 nitrogen and oxygen atoms in total. The van der Waals surface area contributed by atoms with Gasteiger partial charge < -0.3 is 9.64 Å². The van der Waals surface area contributed by atoms with E-state index in [4.69, 9.17) is 4.74 Å². The Morgan fingerprint density at radius 3 is 2.92 bits per heavy atom. The molecule has 138 valence electrons. The van der Waals surface area contributed by atoms with E-state index >= 15 is 0 Å². The standard InChI is InChI=1S/C20H26N4O2/c1-14(2)23-8-9-24-16(12-23)11-18(21-24)20(25)22(3)13-17-10-15-6-4-5-7-19(15)26-17/h4-7,11,14,17H,8-10,12-13H2,1-3H3. The van der Waals surface area contributed by atoms with E-state index in [0.29, 0.717) is 18.3 Å². The van der Waals surface area contributed by atoms with E-state index in [1.165, 1.54) is 5.56 Å². The van der Waals surface area contributed by atoms with Gasteiger partial charge in [-0.25, -0.2) is 0 Å². The molecule has 0 N–H and O–H groups in total. The van der Waals surface area contributed by atoms with Gasteiger partial charge in [0.1, 0.15) is 11.9 Å². The topological polar surface area (TPSA) is 50.6 Å². The van der Waals surface area contributed by atoms with E-state index in [9.17, 15) is 4.79 Å². The zero-order chi connectivity index (χ0) is 18.3. The van der Waals surface area contributed by atoms with Crippen LogP contribution in [0.3, 0.4) is 0 Å². The van der Waals surface area contributed by atoms with Gasteiger partial charge in [0, 0.05) is 32.6 Å². The monoisotopic (exact) mass is 354 g/mol. The zero-order valence-electron chi connectivity index (χ0n) is 15.7. The van der Waals surface area contributed by atoms with Crippen LogP contribution in [-0.4, -0.2) is 57.8 Å². The van der Waals surface area contributed by atoms with Gasteiger partial charge in [0.2, 0.25) is 0 Å². The van der Waals surface area contributed by atoms with Crippen LogP contribution in [0.15, 0.2) is 30.3 Å². The number of para-hydroxylation sites is 1. The Morgan fingerprint density at radius 2 is 2.15 bits per heavy atom. The fraction of sp³-hybridized carbons (Fsp3) is 0.500. The average molecular weight is 354 g/mol. The van der Waals surface area contributed by atoms with E-state index in [2.05, 4.69) is 29.9 Å². The summed E-state index contributed by atoms with van der Waals surface area (Å²) in [5, 5.41) is 4.54. The van der Waals surface area contributed by atoms with Crippen molar-refractivity contribution in [1.29, 1.82) is 0 Å². The largest absolute Gasteiger partial charge is 0.488 e. The Bertz CT molecular complexity index is 789. The quantitative estimate of drug-likeness (QED) is 0.844. The predicted molar refractivity (Wildman–Crippen MR) is 99.3 cm³/mol. The highest BCUT2D eigenvalue weighted by molar-refractivity contribution is 5.92. The van der Waals surface area contributed by atoms with Gasteiger partial charge in [-0.05, 0) is 31.5 Å². The number of carbonyl (C=O) groups is 1. The Hall–Kier alpha value is -2.34. The van der Waals surface area contributed by atoms with Gasteiger partial charge in [0.05, 0.1) is 18.8 Å². The van der Waals surface area contributed by atoms with Crippen molar-refractivity contribution in [2.24, 2.45) is 0 Å². The second kappa shape index (κ2) is 6.76. The number of hydrogen-bond acceptors (Lipinski definition) is 4. The molecule has 0 fully saturated rings. The van der Waals surface area contributed by atoms with Crippen molar-refractivity contribution >= 4 is 5.91 Å². The second-order valence-electron chi connectivity index (χ2n) is 7.55. The number of amides is 1. The first-order valence-corrected chi connectivity index (χ1v) is 9.32. The molecular formula is C20H26N4O2. The number of aromatic nitrogens is 2. The van der Waals surface area contributed by atoms with Crippen LogP contribution in [0.2, 0.25) is 0 Å². The summed E-state index contributed by atoms with van der Waals surface area (Å²) in [4.78, 5) is 16.9. The van der Waals surface area contributed by atoms with E-state index < -0.39 is 0 Å². The van der Waals surface area contributed by atoms with Crippen molar-refractivity contribution in [1.82, 2.24) is 19.6 Å². The molecule has 3 heterocycles. The van der Waals surface area contributed by atoms with E-state index in [-0.39, 0.29) is 12.0 Å². The number of benzene rings is 1. The molecule has 2 aliphatic rings. The summed E-state index contributed by atoms with van der Waals surface area (Å²) in [6, 6.07) is 10.5. The number of carbonyl (C=O) groups excluding carboxylic acids is 1. The number of hydrogen-bond donors (Lipinski definition) is 0. The number of nitrogens with zero attached hydrogens (tertiary/aromatic N) is 4. The highest BCUT2D eigenvalue weighted by Crippen LogP contribution is 2.28. The Morgan fingerprint density at radius 1 is 1.35 bits per heavy atom. The molecule has 1 atom stereocenters. The van der Waals surface area contributed by atoms with E-state index in [1.54, 1.807) is 4.90 Å². The molecule has 26 heavy (non-hydrogen) atoms. The van der Waals surface area contributed by atoms with Gasteiger partial charge in [-0.1, -0.05) is 18.2 Å². The summed E-state index contributed by atoms with van der Waals surface area (Å²) in [6.07, 6.45) is 0.853. The van der Waals surface area contributed by atoms with Crippen molar-refractivity contribution in [2.45, 2.75) is 45.5 Å². The molecule has 2 aliphatic heterocycles. The van der Waals surface area contributed by atoms with Crippen molar-refractivity contribution in [2.75, 3.05) is 20.1 Å². The van der Waals surface area contributed by atoms with Crippen LogP contribution in [0.1, 0.15) is 35.6 Å². The summed E-state index contributed by atoms with van der Waals surface area (Å²) < 4.78 is 7.93. The molecule has 1 aromatic heterocycles. The van der Waals surface area contributed by atoms with Gasteiger partial charge in [-0.3, -0.25) is 14.4 Å². The molecule has 0 spiro atoms. The molecule has 0 saturated heterocycles. The van der Waals surface area contributed by atoms with Crippen LogP contribution in [-0.2, 0) is 19.5 Å². The average Bonchev–Trinajstić information content (AvgIpc) is 3.23. The minimum atomic E-state index is -0.0393. The second-order valence-corrected chi connectivity index (χ2v) is 7.55. The lowest BCUT2D eigenvalue weighted by molar-refractivity contribution is 0.0723. The van der Waals surface area contributed by atoms with Crippen LogP contribution in [0.5, 0.6) is 5.75 Å². The number of ether oxygens (including phenoxy) is 1. The fourth-order valence-electron chi connectivity index (χ4n) is 3.77. The molecule has 0 radical (unpaired) electrons. The first-order valence-electron chi connectivity index (χ1n) is 9.32. The minimum Gasteiger partial charge on any atom is -0.488 e. The Kier molecular flexibility index (Phi) is 4.44. The van der Waals surface area contributed by atoms with Gasteiger partial charge in [-0.15, -0.1) is 0 Å². The molecule has 4 rings (SSSR count). The molecule has 6 heteroatoms.